The first-order valence-corrected chi connectivity index (χ1v) is 16.7. The molecule has 1 fully saturated rings. The molecule has 10 heteroatoms. The van der Waals surface area contributed by atoms with Gasteiger partial charge in [0.2, 0.25) is 11.8 Å². The van der Waals surface area contributed by atoms with Crippen LogP contribution >= 0.6 is 11.8 Å². The summed E-state index contributed by atoms with van der Waals surface area (Å²) < 4.78 is 5.39. The van der Waals surface area contributed by atoms with Crippen LogP contribution in [0.25, 0.3) is 0 Å². The van der Waals surface area contributed by atoms with Crippen LogP contribution in [0.4, 0.5) is 4.79 Å². The zero-order chi connectivity index (χ0) is 31.3. The number of aliphatic hydroxyl groups excluding tert-OH is 2. The van der Waals surface area contributed by atoms with Crippen LogP contribution < -0.4 is 16.0 Å². The van der Waals surface area contributed by atoms with Crippen LogP contribution in [0.3, 0.4) is 0 Å². The van der Waals surface area contributed by atoms with Gasteiger partial charge in [0.05, 0.1) is 12.1 Å². The van der Waals surface area contributed by atoms with Gasteiger partial charge in [-0.3, -0.25) is 9.59 Å². The number of nitrogens with one attached hydrogen (secondary N) is 3. The van der Waals surface area contributed by atoms with E-state index in [4.69, 9.17) is 4.74 Å². The van der Waals surface area contributed by atoms with Crippen molar-refractivity contribution in [2.45, 2.75) is 122 Å². The Bertz CT molecular complexity index is 965. The fourth-order valence-corrected chi connectivity index (χ4v) is 5.94. The van der Waals surface area contributed by atoms with Crippen molar-refractivity contribution in [2.24, 2.45) is 11.8 Å². The molecule has 0 spiro atoms. The van der Waals surface area contributed by atoms with Gasteiger partial charge in [0, 0.05) is 12.2 Å². The summed E-state index contributed by atoms with van der Waals surface area (Å²) in [6.45, 7) is 9.19. The molecule has 1 aromatic carbocycles. The molecule has 1 aliphatic rings. The zero-order valence-electron chi connectivity index (χ0n) is 26.2. The minimum atomic E-state index is -1.12. The molecule has 42 heavy (non-hydrogen) atoms. The number of benzene rings is 1. The van der Waals surface area contributed by atoms with E-state index in [1.807, 2.05) is 50.4 Å². The van der Waals surface area contributed by atoms with Gasteiger partial charge in [-0.2, -0.15) is 11.8 Å². The van der Waals surface area contributed by atoms with E-state index in [9.17, 15) is 24.6 Å². The molecule has 5 N–H and O–H groups in total. The maximum atomic E-state index is 13.6. The van der Waals surface area contributed by atoms with Crippen molar-refractivity contribution in [1.29, 1.82) is 0 Å². The summed E-state index contributed by atoms with van der Waals surface area (Å²) in [4.78, 5) is 39.8. The quantitative estimate of drug-likeness (QED) is 0.202. The number of ether oxygens (including phenoxy) is 1. The topological polar surface area (TPSA) is 137 Å². The second kappa shape index (κ2) is 17.7. The summed E-state index contributed by atoms with van der Waals surface area (Å²) in [5, 5.41) is 30.3. The number of thioether (sulfide) groups is 1. The molecular weight excluding hydrogens is 554 g/mol. The second-order valence-corrected chi connectivity index (χ2v) is 13.9. The first-order valence-electron chi connectivity index (χ1n) is 15.3. The summed E-state index contributed by atoms with van der Waals surface area (Å²) in [5.74, 6) is -0.105. The molecule has 0 saturated heterocycles. The monoisotopic (exact) mass is 607 g/mol. The number of carbonyl (C=O) groups excluding carboxylic acids is 3. The molecule has 9 nitrogen and oxygen atoms in total. The van der Waals surface area contributed by atoms with Gasteiger partial charge >= 0.3 is 6.09 Å². The number of amides is 3. The van der Waals surface area contributed by atoms with Crippen molar-refractivity contribution >= 4 is 29.7 Å². The summed E-state index contributed by atoms with van der Waals surface area (Å²) in [6, 6.07) is 6.78. The molecule has 5 atom stereocenters. The van der Waals surface area contributed by atoms with Crippen LogP contribution in [-0.4, -0.2) is 76.1 Å². The average Bonchev–Trinajstić information content (AvgIpc) is 2.91. The molecule has 1 aliphatic carbocycles. The number of rotatable bonds is 15. The summed E-state index contributed by atoms with van der Waals surface area (Å²) in [6.07, 6.45) is 5.71. The number of carbonyl (C=O) groups is 3. The first kappa shape index (κ1) is 35.9. The molecule has 0 radical (unpaired) electrons. The average molecular weight is 608 g/mol. The van der Waals surface area contributed by atoms with Gasteiger partial charge < -0.3 is 30.9 Å². The highest BCUT2D eigenvalue weighted by molar-refractivity contribution is 7.98. The van der Waals surface area contributed by atoms with Gasteiger partial charge in [0.15, 0.2) is 0 Å². The molecular formula is C32H53N3O6S. The lowest BCUT2D eigenvalue weighted by Gasteiger charge is -2.33. The summed E-state index contributed by atoms with van der Waals surface area (Å²) in [7, 11) is 0. The highest BCUT2D eigenvalue weighted by Crippen LogP contribution is 2.29. The Hall–Kier alpha value is -2.30. The van der Waals surface area contributed by atoms with E-state index in [-0.39, 0.29) is 12.3 Å². The van der Waals surface area contributed by atoms with E-state index in [0.717, 1.165) is 31.2 Å². The van der Waals surface area contributed by atoms with Crippen LogP contribution in [0.15, 0.2) is 30.3 Å². The fourth-order valence-electron chi connectivity index (χ4n) is 5.37. The Balaban J connectivity index is 2.20. The van der Waals surface area contributed by atoms with Crippen LogP contribution in [0.1, 0.15) is 85.1 Å². The lowest BCUT2D eigenvalue weighted by Crippen LogP contribution is -2.58. The van der Waals surface area contributed by atoms with Crippen LogP contribution in [0, 0.1) is 11.8 Å². The van der Waals surface area contributed by atoms with E-state index >= 15 is 0 Å². The smallest absolute Gasteiger partial charge is 0.408 e. The van der Waals surface area contributed by atoms with Crippen LogP contribution in [0.5, 0.6) is 0 Å². The van der Waals surface area contributed by atoms with Crippen LogP contribution in [-0.2, 0) is 20.7 Å². The maximum absolute atomic E-state index is 13.6. The second-order valence-electron chi connectivity index (χ2n) is 12.9. The Labute approximate surface area is 256 Å². The Morgan fingerprint density at radius 1 is 0.952 bits per heavy atom. The third-order valence-corrected chi connectivity index (χ3v) is 8.08. The molecule has 0 aliphatic heterocycles. The zero-order valence-corrected chi connectivity index (χ0v) is 27.0. The number of aliphatic hydroxyl groups is 2. The van der Waals surface area contributed by atoms with Crippen molar-refractivity contribution < 1.29 is 29.3 Å². The largest absolute Gasteiger partial charge is 0.444 e. The van der Waals surface area contributed by atoms with Crippen molar-refractivity contribution in [1.82, 2.24) is 16.0 Å². The molecule has 0 unspecified atom stereocenters. The van der Waals surface area contributed by atoms with E-state index in [1.165, 1.54) is 18.2 Å². The minimum Gasteiger partial charge on any atom is -0.444 e. The third kappa shape index (κ3) is 13.3. The summed E-state index contributed by atoms with van der Waals surface area (Å²) >= 11 is 1.40. The van der Waals surface area contributed by atoms with Crippen LogP contribution in [0.2, 0.25) is 0 Å². The number of alkyl carbamates (subject to hydrolysis) is 1. The molecule has 3 amide bonds. The molecule has 1 aromatic rings. The van der Waals surface area contributed by atoms with Gasteiger partial charge in [-0.25, -0.2) is 4.79 Å². The Morgan fingerprint density at radius 2 is 1.57 bits per heavy atom. The van der Waals surface area contributed by atoms with E-state index in [2.05, 4.69) is 16.0 Å². The standard InChI is InChI=1S/C32H53N3O6S/c1-21(2)17-27(36)28(37)24(18-22-13-9-7-10-14-22)33-30(39)26(20-42-6)34-29(38)25(19-23-15-11-8-12-16-23)35-31(40)41-32(3,4)5/h8,11-12,15-16,21-22,24-28,36-37H,7,9-10,13-14,17-20H2,1-6H3,(H,33,39)(H,34,38)(H,35,40)/t24-,25-,26+,27-,28+/m0/s1. The van der Waals surface area contributed by atoms with Gasteiger partial charge in [0.1, 0.15) is 23.8 Å². The molecule has 2 rings (SSSR count). The predicted octanol–water partition coefficient (Wildman–Crippen LogP) is 4.19. The van der Waals surface area contributed by atoms with E-state index in [0.29, 0.717) is 24.5 Å². The van der Waals surface area contributed by atoms with Crippen molar-refractivity contribution in [3.05, 3.63) is 35.9 Å². The van der Waals surface area contributed by atoms with Gasteiger partial charge in [-0.05, 0) is 57.3 Å². The predicted molar refractivity (Wildman–Crippen MR) is 168 cm³/mol. The van der Waals surface area contributed by atoms with Gasteiger partial charge in [0.25, 0.3) is 0 Å². The summed E-state index contributed by atoms with van der Waals surface area (Å²) in [5.41, 5.74) is 0.0994. The maximum Gasteiger partial charge on any atom is 0.408 e. The van der Waals surface area contributed by atoms with Crippen molar-refractivity contribution in [3.63, 3.8) is 0 Å². The normalized spacial score (nSPS) is 17.9. The molecule has 238 valence electrons. The Kier molecular flexibility index (Phi) is 15.2. The van der Waals surface area contributed by atoms with Crippen molar-refractivity contribution in [3.8, 4) is 0 Å². The first-order chi connectivity index (χ1) is 19.8. The molecule has 0 aromatic heterocycles. The highest BCUT2D eigenvalue weighted by atomic mass is 32.2. The highest BCUT2D eigenvalue weighted by Gasteiger charge is 2.34. The Morgan fingerprint density at radius 3 is 2.14 bits per heavy atom. The molecule has 0 heterocycles. The van der Waals surface area contributed by atoms with Crippen molar-refractivity contribution in [2.75, 3.05) is 12.0 Å². The fraction of sp³-hybridized carbons (Fsp3) is 0.719. The lowest BCUT2D eigenvalue weighted by atomic mass is 9.82. The number of hydrogen-bond donors (Lipinski definition) is 5. The SMILES string of the molecule is CSC[C@@H](NC(=O)[C@H](Cc1ccccc1)NC(=O)OC(C)(C)C)C(=O)N[C@@H](CC1CCCCC1)[C@@H](O)[C@@H](O)CC(C)C. The lowest BCUT2D eigenvalue weighted by molar-refractivity contribution is -0.131. The van der Waals surface area contributed by atoms with E-state index in [1.54, 1.807) is 20.8 Å². The van der Waals surface area contributed by atoms with E-state index < -0.39 is 53.8 Å². The van der Waals surface area contributed by atoms with Gasteiger partial charge in [-0.1, -0.05) is 76.3 Å². The molecule has 0 bridgehead atoms. The van der Waals surface area contributed by atoms with Gasteiger partial charge in [-0.15, -0.1) is 0 Å². The third-order valence-electron chi connectivity index (χ3n) is 7.42. The minimum absolute atomic E-state index is 0.184. The molecule has 1 saturated carbocycles. The number of hydrogen-bond acceptors (Lipinski definition) is 7.